The highest BCUT2D eigenvalue weighted by molar-refractivity contribution is 7.87. The van der Waals surface area contributed by atoms with Gasteiger partial charge in [-0.2, -0.15) is 12.7 Å². The highest BCUT2D eigenvalue weighted by Gasteiger charge is 2.43. The van der Waals surface area contributed by atoms with Crippen LogP contribution in [0.3, 0.4) is 0 Å². The number of nitrogens with two attached hydrogens (primary N) is 1. The molecule has 1 aliphatic heterocycles. The first kappa shape index (κ1) is 14.5. The lowest BCUT2D eigenvalue weighted by Gasteiger charge is -2.26. The second kappa shape index (κ2) is 5.25. The minimum Gasteiger partial charge on any atom is -0.326 e. The molecule has 1 heterocycles. The number of halogens is 1. The van der Waals surface area contributed by atoms with E-state index in [0.29, 0.717) is 24.9 Å². The van der Waals surface area contributed by atoms with Crippen molar-refractivity contribution in [3.63, 3.8) is 0 Å². The molecular formula is C11H22ClN3O2S. The first-order valence-corrected chi connectivity index (χ1v) is 8.02. The van der Waals surface area contributed by atoms with E-state index in [9.17, 15) is 8.42 Å². The third kappa shape index (κ3) is 2.82. The molecule has 2 aliphatic carbocycles. The molecule has 3 fully saturated rings. The minimum absolute atomic E-state index is 0. The summed E-state index contributed by atoms with van der Waals surface area (Å²) in [6.07, 6.45) is 5.57. The topological polar surface area (TPSA) is 75.4 Å². The standard InChI is InChI=1S/C11H21N3O2S.ClH/c12-11(9-2-3-9)6-13-17(15,16)14-7-8-1-4-10(14)5-8;/h8-11,13H,1-7,12H2;1H. The predicted octanol–water partition coefficient (Wildman–Crippen LogP) is 0.464. The summed E-state index contributed by atoms with van der Waals surface area (Å²) in [5.74, 6) is 1.13. The van der Waals surface area contributed by atoms with Crippen LogP contribution in [0.2, 0.25) is 0 Å². The Morgan fingerprint density at radius 2 is 2.00 bits per heavy atom. The van der Waals surface area contributed by atoms with Crippen molar-refractivity contribution < 1.29 is 8.42 Å². The summed E-state index contributed by atoms with van der Waals surface area (Å²) in [5, 5.41) is 0. The average Bonchev–Trinajstić information content (AvgIpc) is 2.94. The van der Waals surface area contributed by atoms with Crippen LogP contribution in [0.1, 0.15) is 32.1 Å². The second-order valence-corrected chi connectivity index (χ2v) is 7.47. The van der Waals surface area contributed by atoms with Gasteiger partial charge in [0.2, 0.25) is 0 Å². The lowest BCUT2D eigenvalue weighted by atomic mass is 10.1. The zero-order valence-electron chi connectivity index (χ0n) is 10.4. The van der Waals surface area contributed by atoms with E-state index in [0.717, 1.165) is 25.7 Å². The molecule has 0 aromatic rings. The van der Waals surface area contributed by atoms with Gasteiger partial charge in [0.1, 0.15) is 0 Å². The third-order valence-electron chi connectivity index (χ3n) is 4.40. The largest absolute Gasteiger partial charge is 0.326 e. The van der Waals surface area contributed by atoms with E-state index < -0.39 is 10.2 Å². The molecule has 7 heteroatoms. The smallest absolute Gasteiger partial charge is 0.279 e. The number of hydrogen-bond acceptors (Lipinski definition) is 3. The van der Waals surface area contributed by atoms with Crippen LogP contribution in [-0.4, -0.2) is 37.9 Å². The number of fused-ring (bicyclic) bond motifs is 2. The van der Waals surface area contributed by atoms with Crippen molar-refractivity contribution in [1.82, 2.24) is 9.03 Å². The van der Waals surface area contributed by atoms with Crippen LogP contribution in [0.5, 0.6) is 0 Å². The highest BCUT2D eigenvalue weighted by atomic mass is 35.5. The summed E-state index contributed by atoms with van der Waals surface area (Å²) in [4.78, 5) is 0. The molecule has 106 valence electrons. The third-order valence-corrected chi connectivity index (χ3v) is 5.99. The highest BCUT2D eigenvalue weighted by Crippen LogP contribution is 2.38. The van der Waals surface area contributed by atoms with Gasteiger partial charge in [0, 0.05) is 25.2 Å². The maximum absolute atomic E-state index is 12.1. The van der Waals surface area contributed by atoms with Crippen LogP contribution in [-0.2, 0) is 10.2 Å². The molecule has 18 heavy (non-hydrogen) atoms. The van der Waals surface area contributed by atoms with Gasteiger partial charge in [0.05, 0.1) is 0 Å². The van der Waals surface area contributed by atoms with E-state index in [1.54, 1.807) is 4.31 Å². The molecule has 3 unspecified atom stereocenters. The summed E-state index contributed by atoms with van der Waals surface area (Å²) in [5.41, 5.74) is 5.92. The molecule has 0 aromatic heterocycles. The van der Waals surface area contributed by atoms with Crippen molar-refractivity contribution in [2.45, 2.75) is 44.2 Å². The van der Waals surface area contributed by atoms with E-state index in [4.69, 9.17) is 5.73 Å². The Labute approximate surface area is 115 Å². The Balaban J connectivity index is 0.00000120. The van der Waals surface area contributed by atoms with E-state index in [2.05, 4.69) is 4.72 Å². The lowest BCUT2D eigenvalue weighted by molar-refractivity contribution is 0.327. The van der Waals surface area contributed by atoms with E-state index >= 15 is 0 Å². The average molecular weight is 296 g/mol. The minimum atomic E-state index is -3.29. The number of nitrogens with zero attached hydrogens (tertiary/aromatic N) is 1. The predicted molar refractivity (Wildman–Crippen MR) is 72.7 cm³/mol. The van der Waals surface area contributed by atoms with Crippen LogP contribution in [0.4, 0.5) is 0 Å². The SMILES string of the molecule is Cl.NC(CNS(=O)(=O)N1CC2CCC1C2)C1CC1. The fourth-order valence-corrected chi connectivity index (χ4v) is 4.71. The van der Waals surface area contributed by atoms with Gasteiger partial charge >= 0.3 is 0 Å². The Morgan fingerprint density at radius 1 is 1.28 bits per heavy atom. The van der Waals surface area contributed by atoms with Crippen molar-refractivity contribution in [2.24, 2.45) is 17.6 Å². The lowest BCUT2D eigenvalue weighted by Crippen LogP contribution is -2.48. The van der Waals surface area contributed by atoms with E-state index in [1.807, 2.05) is 0 Å². The molecule has 3 aliphatic rings. The zero-order chi connectivity index (χ0) is 12.0. The zero-order valence-corrected chi connectivity index (χ0v) is 12.0. The van der Waals surface area contributed by atoms with Gasteiger partial charge < -0.3 is 5.73 Å². The Morgan fingerprint density at radius 3 is 2.50 bits per heavy atom. The van der Waals surface area contributed by atoms with Crippen LogP contribution in [0.25, 0.3) is 0 Å². The van der Waals surface area contributed by atoms with Crippen molar-refractivity contribution in [2.75, 3.05) is 13.1 Å². The van der Waals surface area contributed by atoms with Crippen molar-refractivity contribution in [3.05, 3.63) is 0 Å². The van der Waals surface area contributed by atoms with Gasteiger partial charge in [-0.25, -0.2) is 4.72 Å². The molecule has 5 nitrogen and oxygen atoms in total. The van der Waals surface area contributed by atoms with Gasteiger partial charge in [-0.3, -0.25) is 0 Å². The Hall–Kier alpha value is 0.120. The van der Waals surface area contributed by atoms with Gasteiger partial charge in [-0.05, 0) is 43.9 Å². The second-order valence-electron chi connectivity index (χ2n) is 5.76. The number of piperidine rings is 1. The van der Waals surface area contributed by atoms with Gasteiger partial charge in [0.15, 0.2) is 0 Å². The summed E-state index contributed by atoms with van der Waals surface area (Å²) in [6, 6.07) is 0.235. The molecule has 1 saturated heterocycles. The van der Waals surface area contributed by atoms with E-state index in [1.165, 1.54) is 6.42 Å². The van der Waals surface area contributed by atoms with E-state index in [-0.39, 0.29) is 24.5 Å². The van der Waals surface area contributed by atoms with Crippen molar-refractivity contribution in [3.8, 4) is 0 Å². The molecule has 3 N–H and O–H groups in total. The summed E-state index contributed by atoms with van der Waals surface area (Å²) >= 11 is 0. The quantitative estimate of drug-likeness (QED) is 0.774. The molecular weight excluding hydrogens is 274 g/mol. The molecule has 3 rings (SSSR count). The molecule has 2 saturated carbocycles. The van der Waals surface area contributed by atoms with Crippen LogP contribution in [0, 0.1) is 11.8 Å². The Bertz CT molecular complexity index is 399. The first-order chi connectivity index (χ1) is 8.06. The molecule has 3 atom stereocenters. The van der Waals surface area contributed by atoms with Gasteiger partial charge in [-0.15, -0.1) is 12.4 Å². The van der Waals surface area contributed by atoms with Crippen LogP contribution in [0.15, 0.2) is 0 Å². The molecule has 0 amide bonds. The number of hydrogen-bond donors (Lipinski definition) is 2. The van der Waals surface area contributed by atoms with Crippen LogP contribution >= 0.6 is 12.4 Å². The fraction of sp³-hybridized carbons (Fsp3) is 1.00. The van der Waals surface area contributed by atoms with Crippen LogP contribution < -0.4 is 10.5 Å². The monoisotopic (exact) mass is 295 g/mol. The van der Waals surface area contributed by atoms with Crippen molar-refractivity contribution >= 4 is 22.6 Å². The fourth-order valence-electron chi connectivity index (χ4n) is 3.15. The maximum atomic E-state index is 12.1. The van der Waals surface area contributed by atoms with Crippen molar-refractivity contribution in [1.29, 1.82) is 0 Å². The maximum Gasteiger partial charge on any atom is 0.279 e. The molecule has 0 aromatic carbocycles. The van der Waals surface area contributed by atoms with Gasteiger partial charge in [0.25, 0.3) is 10.2 Å². The summed E-state index contributed by atoms with van der Waals surface area (Å²) < 4.78 is 28.6. The number of rotatable bonds is 5. The first-order valence-electron chi connectivity index (χ1n) is 6.58. The number of nitrogens with one attached hydrogen (secondary N) is 1. The summed E-state index contributed by atoms with van der Waals surface area (Å²) in [7, 11) is -3.29. The normalized spacial score (nSPS) is 33.4. The molecule has 2 bridgehead atoms. The molecule has 0 spiro atoms. The van der Waals surface area contributed by atoms with Gasteiger partial charge in [-0.1, -0.05) is 0 Å². The Kier molecular flexibility index (Phi) is 4.23. The summed E-state index contributed by atoms with van der Waals surface area (Å²) in [6.45, 7) is 1.10. The molecule has 0 radical (unpaired) electrons.